The maximum absolute atomic E-state index is 12.5. The summed E-state index contributed by atoms with van der Waals surface area (Å²) < 4.78 is 0. The molecule has 0 aromatic carbocycles. The van der Waals surface area contributed by atoms with Crippen LogP contribution in [-0.4, -0.2) is 59.5 Å². The molecule has 1 aliphatic heterocycles. The Morgan fingerprint density at radius 1 is 1.24 bits per heavy atom. The van der Waals surface area contributed by atoms with Gasteiger partial charge in [0.1, 0.15) is 0 Å². The minimum absolute atomic E-state index is 0.0347. The standard InChI is InChI=1S/C19H26N4OS/c1-3-22-10-12-23(13-11-22)18(17-5-4-14-25-17)15(2)21-19(24)16-6-8-20-9-7-16/h4-9,14-15,18H,3,10-13H2,1-2H3,(H,21,24)/t15-,18-/m1/s1. The first kappa shape index (κ1) is 18.0. The molecule has 6 heteroatoms. The number of pyridine rings is 1. The zero-order valence-electron chi connectivity index (χ0n) is 14.9. The van der Waals surface area contributed by atoms with Gasteiger partial charge in [-0.05, 0) is 37.0 Å². The Bertz CT molecular complexity index is 653. The topological polar surface area (TPSA) is 48.5 Å². The number of rotatable bonds is 6. The lowest BCUT2D eigenvalue weighted by molar-refractivity contribution is 0.0753. The Hall–Kier alpha value is -1.76. The highest BCUT2D eigenvalue weighted by Gasteiger charge is 2.30. The van der Waals surface area contributed by atoms with E-state index in [0.29, 0.717) is 5.56 Å². The van der Waals surface area contributed by atoms with Crippen LogP contribution in [0.5, 0.6) is 0 Å². The summed E-state index contributed by atoms with van der Waals surface area (Å²) in [5, 5.41) is 5.30. The van der Waals surface area contributed by atoms with E-state index in [-0.39, 0.29) is 18.0 Å². The van der Waals surface area contributed by atoms with Gasteiger partial charge in [0.2, 0.25) is 0 Å². The summed E-state index contributed by atoms with van der Waals surface area (Å²) in [6.07, 6.45) is 3.31. The minimum Gasteiger partial charge on any atom is -0.348 e. The third-order valence-electron chi connectivity index (χ3n) is 4.86. The van der Waals surface area contributed by atoms with Gasteiger partial charge in [-0.3, -0.25) is 14.7 Å². The summed E-state index contributed by atoms with van der Waals surface area (Å²) >= 11 is 1.77. The van der Waals surface area contributed by atoms with Crippen LogP contribution in [0.1, 0.15) is 35.1 Å². The van der Waals surface area contributed by atoms with Gasteiger partial charge in [-0.15, -0.1) is 11.3 Å². The Morgan fingerprint density at radius 2 is 1.96 bits per heavy atom. The molecule has 0 unspecified atom stereocenters. The maximum Gasteiger partial charge on any atom is 0.251 e. The molecule has 1 amide bonds. The summed E-state index contributed by atoms with van der Waals surface area (Å²) in [4.78, 5) is 22.8. The molecule has 1 saturated heterocycles. The van der Waals surface area contributed by atoms with Crippen LogP contribution in [0.15, 0.2) is 42.0 Å². The molecule has 25 heavy (non-hydrogen) atoms. The average molecular weight is 359 g/mol. The second kappa shape index (κ2) is 8.56. The molecule has 1 fully saturated rings. The van der Waals surface area contributed by atoms with Crippen molar-refractivity contribution in [3.8, 4) is 0 Å². The van der Waals surface area contributed by atoms with E-state index in [9.17, 15) is 4.79 Å². The Kier molecular flexibility index (Phi) is 6.18. The van der Waals surface area contributed by atoms with Crippen molar-refractivity contribution in [2.45, 2.75) is 25.9 Å². The molecule has 3 rings (SSSR count). The number of nitrogens with zero attached hydrogens (tertiary/aromatic N) is 3. The largest absolute Gasteiger partial charge is 0.348 e. The van der Waals surface area contributed by atoms with Crippen molar-refractivity contribution in [3.05, 3.63) is 52.5 Å². The van der Waals surface area contributed by atoms with E-state index in [2.05, 4.69) is 51.5 Å². The Morgan fingerprint density at radius 3 is 2.56 bits per heavy atom. The van der Waals surface area contributed by atoms with Gasteiger partial charge in [0.25, 0.3) is 5.91 Å². The summed E-state index contributed by atoms with van der Waals surface area (Å²) in [7, 11) is 0. The molecule has 134 valence electrons. The lowest BCUT2D eigenvalue weighted by atomic mass is 10.0. The summed E-state index contributed by atoms with van der Waals surface area (Å²) in [6.45, 7) is 9.66. The number of likely N-dealkylation sites (N-methyl/N-ethyl adjacent to an activating group) is 1. The number of hydrogen-bond donors (Lipinski definition) is 1. The van der Waals surface area contributed by atoms with Gasteiger partial charge in [0.05, 0.1) is 6.04 Å². The first-order valence-corrected chi connectivity index (χ1v) is 9.77. The predicted molar refractivity (Wildman–Crippen MR) is 102 cm³/mol. The molecule has 0 saturated carbocycles. The third kappa shape index (κ3) is 4.45. The second-order valence-corrected chi connectivity index (χ2v) is 7.41. The number of carbonyl (C=O) groups excluding carboxylic acids is 1. The van der Waals surface area contributed by atoms with E-state index >= 15 is 0 Å². The number of hydrogen-bond acceptors (Lipinski definition) is 5. The van der Waals surface area contributed by atoms with Crippen LogP contribution in [0.25, 0.3) is 0 Å². The number of amides is 1. The van der Waals surface area contributed by atoms with E-state index < -0.39 is 0 Å². The summed E-state index contributed by atoms with van der Waals surface area (Å²) in [5.41, 5.74) is 0.655. The average Bonchev–Trinajstić information content (AvgIpc) is 3.17. The van der Waals surface area contributed by atoms with Crippen molar-refractivity contribution in [3.63, 3.8) is 0 Å². The molecule has 0 aliphatic carbocycles. The molecule has 2 aromatic heterocycles. The van der Waals surface area contributed by atoms with Gasteiger partial charge in [-0.2, -0.15) is 0 Å². The monoisotopic (exact) mass is 358 g/mol. The van der Waals surface area contributed by atoms with Gasteiger partial charge >= 0.3 is 0 Å². The van der Waals surface area contributed by atoms with Crippen molar-refractivity contribution in [2.24, 2.45) is 0 Å². The molecule has 5 nitrogen and oxygen atoms in total. The molecule has 0 radical (unpaired) electrons. The highest BCUT2D eigenvalue weighted by atomic mass is 32.1. The number of nitrogens with one attached hydrogen (secondary N) is 1. The van der Waals surface area contributed by atoms with E-state index in [1.54, 1.807) is 35.9 Å². The molecular formula is C19H26N4OS. The molecule has 3 heterocycles. The van der Waals surface area contributed by atoms with Crippen molar-refractivity contribution in [1.29, 1.82) is 0 Å². The maximum atomic E-state index is 12.5. The van der Waals surface area contributed by atoms with Gasteiger partial charge in [-0.25, -0.2) is 0 Å². The van der Waals surface area contributed by atoms with E-state index in [1.165, 1.54) is 4.88 Å². The molecule has 1 N–H and O–H groups in total. The van der Waals surface area contributed by atoms with Gasteiger partial charge in [-0.1, -0.05) is 13.0 Å². The first-order valence-electron chi connectivity index (χ1n) is 8.89. The molecule has 2 atom stereocenters. The van der Waals surface area contributed by atoms with Crippen LogP contribution < -0.4 is 5.32 Å². The minimum atomic E-state index is -0.0383. The van der Waals surface area contributed by atoms with Crippen molar-refractivity contribution < 1.29 is 4.79 Å². The zero-order chi connectivity index (χ0) is 17.6. The van der Waals surface area contributed by atoms with Crippen LogP contribution in [0, 0.1) is 0 Å². The van der Waals surface area contributed by atoms with E-state index in [0.717, 1.165) is 32.7 Å². The van der Waals surface area contributed by atoms with Gasteiger partial charge < -0.3 is 10.2 Å². The second-order valence-electron chi connectivity index (χ2n) is 6.43. The fourth-order valence-electron chi connectivity index (χ4n) is 3.43. The third-order valence-corrected chi connectivity index (χ3v) is 5.80. The Labute approximate surface area is 153 Å². The molecule has 0 spiro atoms. The quantitative estimate of drug-likeness (QED) is 0.862. The van der Waals surface area contributed by atoms with E-state index in [4.69, 9.17) is 0 Å². The molecule has 1 aliphatic rings. The SMILES string of the molecule is CCN1CCN([C@@H](c2cccs2)[C@@H](C)NC(=O)c2ccncc2)CC1. The smallest absolute Gasteiger partial charge is 0.251 e. The highest BCUT2D eigenvalue weighted by Crippen LogP contribution is 2.29. The zero-order valence-corrected chi connectivity index (χ0v) is 15.7. The van der Waals surface area contributed by atoms with Crippen LogP contribution in [-0.2, 0) is 0 Å². The normalized spacial score (nSPS) is 18.6. The molecule has 0 bridgehead atoms. The van der Waals surface area contributed by atoms with Crippen LogP contribution in [0.2, 0.25) is 0 Å². The van der Waals surface area contributed by atoms with Crippen molar-refractivity contribution in [1.82, 2.24) is 20.1 Å². The predicted octanol–water partition coefficient (Wildman–Crippen LogP) is 2.64. The van der Waals surface area contributed by atoms with Crippen LogP contribution >= 0.6 is 11.3 Å². The first-order chi connectivity index (χ1) is 12.2. The van der Waals surface area contributed by atoms with Crippen LogP contribution in [0.4, 0.5) is 0 Å². The summed E-state index contributed by atoms with van der Waals surface area (Å²) in [6, 6.07) is 8.02. The number of carbonyl (C=O) groups is 1. The van der Waals surface area contributed by atoms with Gasteiger partial charge in [0.15, 0.2) is 0 Å². The molecular weight excluding hydrogens is 332 g/mol. The van der Waals surface area contributed by atoms with E-state index in [1.807, 2.05) is 0 Å². The Balaban J connectivity index is 1.72. The van der Waals surface area contributed by atoms with Crippen molar-refractivity contribution >= 4 is 17.2 Å². The molecule has 2 aromatic rings. The lowest BCUT2D eigenvalue weighted by Crippen LogP contribution is -2.52. The summed E-state index contributed by atoms with van der Waals surface area (Å²) in [5.74, 6) is -0.0383. The number of aromatic nitrogens is 1. The fraction of sp³-hybridized carbons (Fsp3) is 0.474. The van der Waals surface area contributed by atoms with Crippen molar-refractivity contribution in [2.75, 3.05) is 32.7 Å². The highest BCUT2D eigenvalue weighted by molar-refractivity contribution is 7.10. The van der Waals surface area contributed by atoms with Crippen LogP contribution in [0.3, 0.4) is 0 Å². The fourth-order valence-corrected chi connectivity index (χ4v) is 4.40. The lowest BCUT2D eigenvalue weighted by Gasteiger charge is -2.41. The number of piperazine rings is 1. The van der Waals surface area contributed by atoms with Gasteiger partial charge in [0, 0.05) is 55.1 Å². The number of thiophene rings is 1.